The monoisotopic (exact) mass is 649 g/mol. The van der Waals surface area contributed by atoms with Gasteiger partial charge in [-0.05, 0) is 109 Å². The highest BCUT2D eigenvalue weighted by molar-refractivity contribution is 6.18. The third-order valence-electron chi connectivity index (χ3n) is 9.85. The maximum Gasteiger partial charge on any atom is 0.0467 e. The van der Waals surface area contributed by atoms with Crippen LogP contribution in [0.3, 0.4) is 0 Å². The smallest absolute Gasteiger partial charge is 0.0467 e. The van der Waals surface area contributed by atoms with E-state index in [0.717, 1.165) is 17.1 Å². The predicted molar refractivity (Wildman–Crippen MR) is 218 cm³/mol. The number of hydrogen-bond acceptors (Lipinski definition) is 1. The summed E-state index contributed by atoms with van der Waals surface area (Å²) in [5.74, 6) is 0. The van der Waals surface area contributed by atoms with Crippen molar-refractivity contribution in [3.8, 4) is 44.5 Å². The molecule has 0 saturated heterocycles. The first kappa shape index (κ1) is 30.4. The van der Waals surface area contributed by atoms with Crippen LogP contribution in [-0.4, -0.2) is 0 Å². The minimum Gasteiger partial charge on any atom is -0.310 e. The summed E-state index contributed by atoms with van der Waals surface area (Å²) in [5, 5.41) is 5.07. The summed E-state index contributed by atoms with van der Waals surface area (Å²) in [5.41, 5.74) is 13.0. The summed E-state index contributed by atoms with van der Waals surface area (Å²) in [6.45, 7) is 0. The number of fused-ring (bicyclic) bond motifs is 3. The van der Waals surface area contributed by atoms with Gasteiger partial charge in [0.2, 0.25) is 0 Å². The second-order valence-corrected chi connectivity index (χ2v) is 13.0. The van der Waals surface area contributed by atoms with Gasteiger partial charge in [0.25, 0.3) is 0 Å². The van der Waals surface area contributed by atoms with Gasteiger partial charge in [0.15, 0.2) is 0 Å². The lowest BCUT2D eigenvalue weighted by Gasteiger charge is -2.26. The number of benzene rings is 9. The van der Waals surface area contributed by atoms with Crippen molar-refractivity contribution >= 4 is 38.6 Å². The van der Waals surface area contributed by atoms with Crippen molar-refractivity contribution in [2.75, 3.05) is 4.90 Å². The molecule has 1 heteroatoms. The third-order valence-corrected chi connectivity index (χ3v) is 9.85. The molecule has 0 aromatic heterocycles. The molecule has 1 nitrogen and oxygen atoms in total. The van der Waals surface area contributed by atoms with Gasteiger partial charge in [-0.1, -0.05) is 170 Å². The molecule has 9 aromatic carbocycles. The quantitative estimate of drug-likeness (QED) is 0.155. The first-order valence-electron chi connectivity index (χ1n) is 17.5. The SMILES string of the molecule is c1ccc(-c2ccc(N(c3ccc(-c4cccc5c4c(-c4ccccc4)cc4ccccc45)cc3)c3cccc(-c4ccccc4)c3)cc2)cc1. The summed E-state index contributed by atoms with van der Waals surface area (Å²) in [6, 6.07) is 76.6. The van der Waals surface area contributed by atoms with Gasteiger partial charge in [0.1, 0.15) is 0 Å². The van der Waals surface area contributed by atoms with Crippen LogP contribution >= 0.6 is 0 Å². The largest absolute Gasteiger partial charge is 0.310 e. The minimum atomic E-state index is 1.10. The van der Waals surface area contributed by atoms with Crippen LogP contribution in [0.5, 0.6) is 0 Å². The van der Waals surface area contributed by atoms with Gasteiger partial charge in [-0.2, -0.15) is 0 Å². The molecule has 0 heterocycles. The molecule has 0 aliphatic carbocycles. The first-order chi connectivity index (χ1) is 25.3. The lowest BCUT2D eigenvalue weighted by molar-refractivity contribution is 1.28. The molecular formula is C50H35N. The Morgan fingerprint density at radius 1 is 0.255 bits per heavy atom. The van der Waals surface area contributed by atoms with Crippen molar-refractivity contribution in [2.45, 2.75) is 0 Å². The molecule has 0 unspecified atom stereocenters. The maximum atomic E-state index is 2.36. The Morgan fingerprint density at radius 2 is 0.725 bits per heavy atom. The highest BCUT2D eigenvalue weighted by atomic mass is 15.1. The zero-order chi connectivity index (χ0) is 34.0. The molecule has 9 rings (SSSR count). The van der Waals surface area contributed by atoms with E-state index in [2.05, 4.69) is 217 Å². The summed E-state index contributed by atoms with van der Waals surface area (Å²) in [7, 11) is 0. The molecule has 240 valence electrons. The fourth-order valence-corrected chi connectivity index (χ4v) is 7.37. The zero-order valence-electron chi connectivity index (χ0n) is 28.2. The topological polar surface area (TPSA) is 3.24 Å². The summed E-state index contributed by atoms with van der Waals surface area (Å²) >= 11 is 0. The lowest BCUT2D eigenvalue weighted by Crippen LogP contribution is -2.10. The van der Waals surface area contributed by atoms with E-state index in [9.17, 15) is 0 Å². The van der Waals surface area contributed by atoms with Crippen LogP contribution in [0.15, 0.2) is 212 Å². The Balaban J connectivity index is 1.18. The molecule has 0 radical (unpaired) electrons. The molecule has 9 aromatic rings. The van der Waals surface area contributed by atoms with E-state index in [1.807, 2.05) is 0 Å². The number of anilines is 3. The van der Waals surface area contributed by atoms with Crippen molar-refractivity contribution in [2.24, 2.45) is 0 Å². The Bertz CT molecular complexity index is 2590. The Kier molecular flexibility index (Phi) is 7.92. The van der Waals surface area contributed by atoms with E-state index < -0.39 is 0 Å². The van der Waals surface area contributed by atoms with Gasteiger partial charge < -0.3 is 4.90 Å². The van der Waals surface area contributed by atoms with Gasteiger partial charge in [-0.3, -0.25) is 0 Å². The zero-order valence-corrected chi connectivity index (χ0v) is 28.2. The van der Waals surface area contributed by atoms with E-state index >= 15 is 0 Å². The maximum absolute atomic E-state index is 2.36. The Morgan fingerprint density at radius 3 is 1.39 bits per heavy atom. The molecular weight excluding hydrogens is 615 g/mol. The van der Waals surface area contributed by atoms with Gasteiger partial charge in [-0.15, -0.1) is 0 Å². The van der Waals surface area contributed by atoms with Crippen LogP contribution in [0.2, 0.25) is 0 Å². The normalized spacial score (nSPS) is 11.1. The van der Waals surface area contributed by atoms with Crippen molar-refractivity contribution in [3.05, 3.63) is 212 Å². The molecule has 51 heavy (non-hydrogen) atoms. The standard InChI is InChI=1S/C50H35N/c1-4-14-36(15-5-1)38-26-30-43(31-27-38)51(45-22-12-21-41(34-45)37-16-6-2-7-17-37)44-32-28-40(29-33-44)47-24-13-25-48-46-23-11-10-20-42(46)35-49(50(47)48)39-18-8-3-9-19-39/h1-35H. The van der Waals surface area contributed by atoms with Crippen LogP contribution in [0.1, 0.15) is 0 Å². The lowest BCUT2D eigenvalue weighted by atomic mass is 9.88. The van der Waals surface area contributed by atoms with E-state index in [1.165, 1.54) is 66.1 Å². The molecule has 0 fully saturated rings. The predicted octanol–water partition coefficient (Wildman–Crippen LogP) is 14.1. The minimum absolute atomic E-state index is 1.10. The van der Waals surface area contributed by atoms with Gasteiger partial charge >= 0.3 is 0 Å². The molecule has 0 aliphatic rings. The van der Waals surface area contributed by atoms with E-state index in [0.29, 0.717) is 0 Å². The van der Waals surface area contributed by atoms with Crippen LogP contribution in [0.25, 0.3) is 66.1 Å². The van der Waals surface area contributed by atoms with Crippen molar-refractivity contribution in [1.82, 2.24) is 0 Å². The fraction of sp³-hybridized carbons (Fsp3) is 0. The van der Waals surface area contributed by atoms with Crippen LogP contribution in [0.4, 0.5) is 17.1 Å². The van der Waals surface area contributed by atoms with E-state index in [1.54, 1.807) is 0 Å². The molecule has 0 saturated carbocycles. The second-order valence-electron chi connectivity index (χ2n) is 13.0. The van der Waals surface area contributed by atoms with E-state index in [-0.39, 0.29) is 0 Å². The average Bonchev–Trinajstić information content (AvgIpc) is 3.22. The van der Waals surface area contributed by atoms with Crippen molar-refractivity contribution < 1.29 is 0 Å². The molecule has 0 bridgehead atoms. The molecule has 0 atom stereocenters. The molecule has 0 spiro atoms. The highest BCUT2D eigenvalue weighted by Gasteiger charge is 2.17. The summed E-state index contributed by atoms with van der Waals surface area (Å²) < 4.78 is 0. The Hall–Kier alpha value is -6.70. The molecule has 0 aliphatic heterocycles. The Labute approximate surface area is 299 Å². The molecule has 0 amide bonds. The van der Waals surface area contributed by atoms with Crippen LogP contribution in [-0.2, 0) is 0 Å². The van der Waals surface area contributed by atoms with Gasteiger partial charge in [0.05, 0.1) is 0 Å². The number of hydrogen-bond donors (Lipinski definition) is 0. The average molecular weight is 650 g/mol. The van der Waals surface area contributed by atoms with Crippen LogP contribution in [0, 0.1) is 0 Å². The van der Waals surface area contributed by atoms with E-state index in [4.69, 9.17) is 0 Å². The highest BCUT2D eigenvalue weighted by Crippen LogP contribution is 2.42. The van der Waals surface area contributed by atoms with Crippen molar-refractivity contribution in [1.29, 1.82) is 0 Å². The van der Waals surface area contributed by atoms with Crippen LogP contribution < -0.4 is 4.90 Å². The number of nitrogens with zero attached hydrogens (tertiary/aromatic N) is 1. The molecule has 0 N–H and O–H groups in total. The summed E-state index contributed by atoms with van der Waals surface area (Å²) in [6.07, 6.45) is 0. The summed E-state index contributed by atoms with van der Waals surface area (Å²) in [4.78, 5) is 2.36. The fourth-order valence-electron chi connectivity index (χ4n) is 7.37. The first-order valence-corrected chi connectivity index (χ1v) is 17.5. The van der Waals surface area contributed by atoms with Crippen molar-refractivity contribution in [3.63, 3.8) is 0 Å². The second kappa shape index (κ2) is 13.3. The van der Waals surface area contributed by atoms with Gasteiger partial charge in [0, 0.05) is 17.1 Å². The number of rotatable bonds is 7. The van der Waals surface area contributed by atoms with Gasteiger partial charge in [-0.25, -0.2) is 0 Å². The third kappa shape index (κ3) is 5.86.